The number of hydrogen-bond acceptors (Lipinski definition) is 2. The van der Waals surface area contributed by atoms with Crippen molar-refractivity contribution in [2.24, 2.45) is 0 Å². The normalized spacial score (nSPS) is 12.2. The van der Waals surface area contributed by atoms with Gasteiger partial charge in [-0.25, -0.2) is 0 Å². The molecule has 0 aromatic heterocycles. The van der Waals surface area contributed by atoms with Gasteiger partial charge >= 0.3 is 0 Å². The number of ether oxygens (including phenoxy) is 1. The van der Waals surface area contributed by atoms with E-state index in [2.05, 4.69) is 13.8 Å². The van der Waals surface area contributed by atoms with Gasteiger partial charge in [-0.15, -0.1) is 11.6 Å². The second-order valence-corrected chi connectivity index (χ2v) is 4.13. The zero-order chi connectivity index (χ0) is 11.3. The number of alkyl halides is 1. The molecule has 0 aliphatic carbocycles. The van der Waals surface area contributed by atoms with Gasteiger partial charge in [0.2, 0.25) is 0 Å². The van der Waals surface area contributed by atoms with Gasteiger partial charge in [-0.1, -0.05) is 32.0 Å². The summed E-state index contributed by atoms with van der Waals surface area (Å²) in [7, 11) is 0. The topological polar surface area (TPSA) is 33.0 Å². The summed E-state index contributed by atoms with van der Waals surface area (Å²) in [5.41, 5.74) is 1.14. The van der Waals surface area contributed by atoms with E-state index in [1.807, 2.05) is 30.3 Å². The molecule has 15 heavy (non-hydrogen) atoms. The molecule has 2 nitrogen and oxygen atoms in total. The monoisotopic (exact) mass is 223 g/mol. The maximum atomic E-state index is 8.53. The van der Waals surface area contributed by atoms with Crippen molar-refractivity contribution in [3.8, 4) is 11.8 Å². The van der Waals surface area contributed by atoms with E-state index in [1.165, 1.54) is 0 Å². The van der Waals surface area contributed by atoms with Crippen LogP contribution in [0.4, 0.5) is 0 Å². The number of nitriles is 1. The number of hydrogen-bond donors (Lipinski definition) is 0. The molecule has 0 bridgehead atoms. The summed E-state index contributed by atoms with van der Waals surface area (Å²) in [4.78, 5) is 0. The highest BCUT2D eigenvalue weighted by Crippen LogP contribution is 2.25. The molecular weight excluding hydrogens is 210 g/mol. The molecule has 0 N–H and O–H groups in total. The van der Waals surface area contributed by atoms with Crippen LogP contribution < -0.4 is 4.74 Å². The quantitative estimate of drug-likeness (QED) is 0.734. The molecule has 1 aromatic rings. The molecule has 0 radical (unpaired) electrons. The van der Waals surface area contributed by atoms with Crippen molar-refractivity contribution in [2.75, 3.05) is 6.61 Å². The highest BCUT2D eigenvalue weighted by atomic mass is 35.5. The van der Waals surface area contributed by atoms with Crippen LogP contribution in [0.2, 0.25) is 0 Å². The van der Waals surface area contributed by atoms with E-state index in [-0.39, 0.29) is 6.61 Å². The summed E-state index contributed by atoms with van der Waals surface area (Å²) < 4.78 is 5.50. The Morgan fingerprint density at radius 2 is 2.07 bits per heavy atom. The predicted molar refractivity (Wildman–Crippen MR) is 61.3 cm³/mol. The minimum Gasteiger partial charge on any atom is -0.491 e. The molecule has 0 spiro atoms. The van der Waals surface area contributed by atoms with E-state index in [9.17, 15) is 0 Å². The predicted octanol–water partition coefficient (Wildman–Crippen LogP) is 3.32. The van der Waals surface area contributed by atoms with Crippen LogP contribution in [0.15, 0.2) is 24.3 Å². The van der Waals surface area contributed by atoms with Gasteiger partial charge in [0.25, 0.3) is 0 Å². The van der Waals surface area contributed by atoms with Crippen LogP contribution in [0.3, 0.4) is 0 Å². The van der Waals surface area contributed by atoms with Gasteiger partial charge in [0.1, 0.15) is 12.4 Å². The second-order valence-electron chi connectivity index (χ2n) is 3.60. The molecule has 0 saturated carbocycles. The van der Waals surface area contributed by atoms with E-state index >= 15 is 0 Å². The van der Waals surface area contributed by atoms with Gasteiger partial charge < -0.3 is 4.74 Å². The van der Waals surface area contributed by atoms with E-state index in [0.717, 1.165) is 11.3 Å². The molecule has 80 valence electrons. The van der Waals surface area contributed by atoms with Crippen molar-refractivity contribution in [2.45, 2.75) is 25.1 Å². The Bertz CT molecular complexity index is 357. The number of nitrogens with zero attached hydrogens (tertiary/aromatic N) is 1. The van der Waals surface area contributed by atoms with E-state index < -0.39 is 5.38 Å². The lowest BCUT2D eigenvalue weighted by Gasteiger charge is -2.13. The van der Waals surface area contributed by atoms with Crippen LogP contribution >= 0.6 is 11.6 Å². The largest absolute Gasteiger partial charge is 0.491 e. The minimum atomic E-state index is -0.592. The Labute approximate surface area is 95.4 Å². The first-order valence-corrected chi connectivity index (χ1v) is 5.34. The van der Waals surface area contributed by atoms with Crippen LogP contribution in [0.1, 0.15) is 25.3 Å². The highest BCUT2D eigenvalue weighted by Gasteiger charge is 2.08. The summed E-state index contributed by atoms with van der Waals surface area (Å²) >= 11 is 5.66. The van der Waals surface area contributed by atoms with E-state index in [4.69, 9.17) is 21.6 Å². The van der Waals surface area contributed by atoms with Gasteiger partial charge in [-0.3, -0.25) is 0 Å². The summed E-state index contributed by atoms with van der Waals surface area (Å²) in [6.45, 7) is 4.43. The third-order valence-electron chi connectivity index (χ3n) is 2.07. The smallest absolute Gasteiger partial charge is 0.154 e. The molecule has 0 aliphatic rings. The second kappa shape index (κ2) is 5.63. The average molecular weight is 224 g/mol. The third kappa shape index (κ3) is 3.45. The first-order chi connectivity index (χ1) is 7.15. The van der Waals surface area contributed by atoms with Crippen LogP contribution in [0.25, 0.3) is 0 Å². The number of rotatable bonds is 4. The van der Waals surface area contributed by atoms with Crippen LogP contribution in [-0.4, -0.2) is 12.0 Å². The molecule has 1 unspecified atom stereocenters. The summed E-state index contributed by atoms with van der Waals surface area (Å²) in [6, 6.07) is 9.74. The fourth-order valence-corrected chi connectivity index (χ4v) is 1.35. The van der Waals surface area contributed by atoms with E-state index in [0.29, 0.717) is 5.92 Å². The van der Waals surface area contributed by atoms with Crippen molar-refractivity contribution in [1.29, 1.82) is 5.26 Å². The van der Waals surface area contributed by atoms with Gasteiger partial charge in [-0.2, -0.15) is 5.26 Å². The summed E-state index contributed by atoms with van der Waals surface area (Å²) in [6.07, 6.45) is 0. The van der Waals surface area contributed by atoms with Crippen molar-refractivity contribution in [1.82, 2.24) is 0 Å². The maximum Gasteiger partial charge on any atom is 0.154 e. The molecule has 1 atom stereocenters. The average Bonchev–Trinajstić information content (AvgIpc) is 2.26. The van der Waals surface area contributed by atoms with Crippen molar-refractivity contribution in [3.63, 3.8) is 0 Å². The van der Waals surface area contributed by atoms with E-state index in [1.54, 1.807) is 0 Å². The molecule has 0 aliphatic heterocycles. The van der Waals surface area contributed by atoms with Crippen molar-refractivity contribution < 1.29 is 4.74 Å². The van der Waals surface area contributed by atoms with Gasteiger partial charge in [0.05, 0.1) is 6.07 Å². The molecular formula is C12H14ClNO. The molecule has 0 fully saturated rings. The SMILES string of the molecule is CC(C)c1ccccc1OCC(Cl)C#N. The summed E-state index contributed by atoms with van der Waals surface area (Å²) in [5.74, 6) is 1.21. The first kappa shape index (κ1) is 11.9. The lowest BCUT2D eigenvalue weighted by Crippen LogP contribution is -2.10. The Morgan fingerprint density at radius 3 is 2.67 bits per heavy atom. The van der Waals surface area contributed by atoms with Crippen molar-refractivity contribution in [3.05, 3.63) is 29.8 Å². The molecule has 1 aromatic carbocycles. The fourth-order valence-electron chi connectivity index (χ4n) is 1.29. The standard InChI is InChI=1S/C12H14ClNO/c1-9(2)11-5-3-4-6-12(11)15-8-10(13)7-14/h3-6,9-10H,8H2,1-2H3. The molecule has 0 saturated heterocycles. The molecule has 0 heterocycles. The number of halogens is 1. The maximum absolute atomic E-state index is 8.53. The third-order valence-corrected chi connectivity index (χ3v) is 2.29. The Balaban J connectivity index is 2.72. The Hall–Kier alpha value is -1.20. The number of benzene rings is 1. The zero-order valence-corrected chi connectivity index (χ0v) is 9.66. The zero-order valence-electron chi connectivity index (χ0n) is 8.90. The van der Waals surface area contributed by atoms with Crippen LogP contribution in [-0.2, 0) is 0 Å². The Morgan fingerprint density at radius 1 is 1.40 bits per heavy atom. The van der Waals surface area contributed by atoms with Crippen molar-refractivity contribution >= 4 is 11.6 Å². The lowest BCUT2D eigenvalue weighted by atomic mass is 10.0. The Kier molecular flexibility index (Phi) is 4.45. The van der Waals surface area contributed by atoms with Gasteiger partial charge in [0, 0.05) is 0 Å². The van der Waals surface area contributed by atoms with Gasteiger partial charge in [-0.05, 0) is 17.5 Å². The fraction of sp³-hybridized carbons (Fsp3) is 0.417. The highest BCUT2D eigenvalue weighted by molar-refractivity contribution is 6.22. The molecule has 3 heteroatoms. The van der Waals surface area contributed by atoms with Crippen LogP contribution in [0.5, 0.6) is 5.75 Å². The summed E-state index contributed by atoms with van der Waals surface area (Å²) in [5, 5.41) is 7.94. The molecule has 0 amide bonds. The molecule has 1 rings (SSSR count). The lowest BCUT2D eigenvalue weighted by molar-refractivity contribution is 0.324. The number of para-hydroxylation sites is 1. The van der Waals surface area contributed by atoms with Gasteiger partial charge in [0.15, 0.2) is 5.38 Å². The van der Waals surface area contributed by atoms with Crippen LogP contribution in [0, 0.1) is 11.3 Å². The minimum absolute atomic E-state index is 0.224. The first-order valence-electron chi connectivity index (χ1n) is 4.90.